The summed E-state index contributed by atoms with van der Waals surface area (Å²) >= 11 is 11.7. The molecule has 8 rings (SSSR count). The molecule has 8 heterocycles. The van der Waals surface area contributed by atoms with Crippen molar-refractivity contribution in [1.29, 1.82) is 0 Å². The van der Waals surface area contributed by atoms with Crippen molar-refractivity contribution in [2.45, 2.75) is 146 Å². The van der Waals surface area contributed by atoms with Crippen molar-refractivity contribution < 1.29 is 55.7 Å². The maximum Gasteiger partial charge on any atom is 0.325 e. The smallest absolute Gasteiger partial charge is 0.325 e. The van der Waals surface area contributed by atoms with Crippen molar-refractivity contribution in [3.63, 3.8) is 0 Å². The van der Waals surface area contributed by atoms with E-state index < -0.39 is 79.2 Å². The third-order valence-electron chi connectivity index (χ3n) is 13.7. The summed E-state index contributed by atoms with van der Waals surface area (Å²) in [6.45, 7) is 12.4. The van der Waals surface area contributed by atoms with Crippen molar-refractivity contribution in [2.75, 3.05) is 38.4 Å². The highest BCUT2D eigenvalue weighted by Gasteiger charge is 2.57. The second-order valence-electron chi connectivity index (χ2n) is 20.4. The molecule has 376 valence electrons. The lowest BCUT2D eigenvalue weighted by molar-refractivity contribution is -0.121. The topological polar surface area (TPSA) is 265 Å². The Morgan fingerprint density at radius 1 is 0.868 bits per heavy atom. The second-order valence-corrected chi connectivity index (χ2v) is 35.5. The lowest BCUT2D eigenvalue weighted by Gasteiger charge is -2.41. The van der Waals surface area contributed by atoms with Gasteiger partial charge in [-0.3, -0.25) is 18.4 Å². The maximum absolute atomic E-state index is 12.2. The summed E-state index contributed by atoms with van der Waals surface area (Å²) in [7, 11) is -5.32. The molecule has 4 aliphatic heterocycles. The molecule has 2 unspecified atom stereocenters. The maximum atomic E-state index is 12.2. The number of hydrogen-bond donors (Lipinski definition) is 5. The molecule has 28 heteroatoms. The van der Waals surface area contributed by atoms with Crippen LogP contribution in [0.1, 0.15) is 71.7 Å². The Morgan fingerprint density at radius 2 is 1.49 bits per heavy atom. The number of nitrogens with zero attached hydrogens (tertiary/aromatic N) is 7. The van der Waals surface area contributed by atoms with Crippen LogP contribution in [0.2, 0.25) is 36.3 Å². The molecule has 0 radical (unpaired) electrons. The van der Waals surface area contributed by atoms with Crippen LogP contribution in [0, 0.1) is 0 Å². The van der Waals surface area contributed by atoms with Gasteiger partial charge in [-0.25, -0.2) is 24.9 Å². The van der Waals surface area contributed by atoms with Gasteiger partial charge in [-0.2, -0.15) is 0 Å². The summed E-state index contributed by atoms with van der Waals surface area (Å²) in [6, 6.07) is 0. The molecule has 0 saturated carbocycles. The highest BCUT2D eigenvalue weighted by Crippen LogP contribution is 2.56. The lowest BCUT2D eigenvalue weighted by atomic mass is 10.1. The molecule has 2 bridgehead atoms. The number of carbonyl (C=O) groups is 1. The van der Waals surface area contributed by atoms with Gasteiger partial charge in [0.2, 0.25) is 5.91 Å². The van der Waals surface area contributed by atoms with Crippen LogP contribution in [0.3, 0.4) is 0 Å². The van der Waals surface area contributed by atoms with Crippen LogP contribution < -0.4 is 16.4 Å². The fourth-order valence-corrected chi connectivity index (χ4v) is 13.5. The molecular weight excluding hydrogens is 995 g/mol. The van der Waals surface area contributed by atoms with Crippen molar-refractivity contribution in [2.24, 2.45) is 5.73 Å². The normalized spacial score (nSPS) is 30.8. The van der Waals surface area contributed by atoms with E-state index in [4.69, 9.17) is 75.5 Å². The number of nitrogens with two attached hydrogens (primary N) is 1. The van der Waals surface area contributed by atoms with Gasteiger partial charge in [-0.05, 0) is 78.3 Å². The standard InChI is InChI=1S/C40H64N10O12P2S2Si2/c1-39(2,3)67(7,8)61-31-26-18-56-63(52,65)59-30-25(57-38(33(30)62-68(9,10)40(4,5)6)49-15-23-12-11-13-42-34-28(23)35(49)45-20-44-34)17-55-64(53,66)60-32(31)37(58-26)50-21-47-29-24(43-19-46-36(29)50)16-54-22-48-27(51)14-41/h15,19-21,25-26,30-33,37-38H,11-14,16-18,22,41H2,1-10H3,(H,48,51)(H,52,65)(H,53,66)(H,42,44,45)/t25-,26-,30-,31-,32-,33-,37-,38-,63?,64?/m1/s1. The van der Waals surface area contributed by atoms with E-state index >= 15 is 0 Å². The molecule has 1 amide bonds. The third kappa shape index (κ3) is 10.7. The van der Waals surface area contributed by atoms with Crippen LogP contribution in [0.15, 0.2) is 25.2 Å². The predicted molar refractivity (Wildman–Crippen MR) is 263 cm³/mol. The lowest BCUT2D eigenvalue weighted by Crippen LogP contribution is -2.50. The highest BCUT2D eigenvalue weighted by atomic mass is 32.5. The van der Waals surface area contributed by atoms with E-state index in [1.165, 1.54) is 19.0 Å². The SMILES string of the molecule is CC(C)(C)[Si](C)(C)O[C@@H]1[C@@H]2OP(O)(=S)OC[C@H]3O[C@@H](n4cnc5c(COCNC(=O)CN)ncnc54)[C@H](OP(O)(=S)OC[C@H]2O[C@H]1n1cc2c4c(ncnc41)NCCC2)[C@@H]3O[Si](C)(C)C(C)(C)C. The number of rotatable bonds is 11. The molecule has 4 aliphatic rings. The Labute approximate surface area is 407 Å². The van der Waals surface area contributed by atoms with Crippen molar-refractivity contribution in [3.8, 4) is 0 Å². The summed E-state index contributed by atoms with van der Waals surface area (Å²) in [5, 5.41) is 6.30. The first-order valence-corrected chi connectivity index (χ1v) is 33.6. The number of aryl methyl sites for hydroxylation is 1. The molecule has 0 aromatic carbocycles. The van der Waals surface area contributed by atoms with E-state index in [0.29, 0.717) is 22.5 Å². The van der Waals surface area contributed by atoms with Gasteiger partial charge in [0.15, 0.2) is 34.7 Å². The number of ether oxygens (including phenoxy) is 3. The van der Waals surface area contributed by atoms with Crippen LogP contribution >= 0.6 is 13.4 Å². The molecule has 4 aromatic rings. The van der Waals surface area contributed by atoms with Crippen LogP contribution in [0.5, 0.6) is 0 Å². The summed E-state index contributed by atoms with van der Waals surface area (Å²) in [5.74, 6) is 0.349. The van der Waals surface area contributed by atoms with Crippen molar-refractivity contribution >= 4 is 87.6 Å². The van der Waals surface area contributed by atoms with Gasteiger partial charge >= 0.3 is 13.4 Å². The minimum absolute atomic E-state index is 0.0210. The first-order chi connectivity index (χ1) is 31.8. The zero-order valence-electron chi connectivity index (χ0n) is 40.0. The molecule has 6 N–H and O–H groups in total. The van der Waals surface area contributed by atoms with Crippen LogP contribution in [-0.2, 0) is 82.6 Å². The van der Waals surface area contributed by atoms with E-state index in [1.807, 2.05) is 10.8 Å². The molecule has 3 fully saturated rings. The van der Waals surface area contributed by atoms with Crippen LogP contribution in [-0.4, -0.2) is 136 Å². The van der Waals surface area contributed by atoms with E-state index in [0.717, 1.165) is 36.2 Å². The van der Waals surface area contributed by atoms with Gasteiger partial charge in [-0.1, -0.05) is 41.5 Å². The van der Waals surface area contributed by atoms with E-state index in [1.54, 1.807) is 4.57 Å². The fourth-order valence-electron chi connectivity index (χ4n) is 8.09. The number of fused-ring (bicyclic) bond motifs is 4. The number of aromatic nitrogens is 7. The molecule has 0 aliphatic carbocycles. The Morgan fingerprint density at radius 3 is 2.16 bits per heavy atom. The average Bonchev–Trinajstić information content (AvgIpc) is 3.97. The Hall–Kier alpha value is -2.31. The van der Waals surface area contributed by atoms with Crippen LogP contribution in [0.4, 0.5) is 5.82 Å². The zero-order chi connectivity index (χ0) is 49.2. The summed E-state index contributed by atoms with van der Waals surface area (Å²) in [6.07, 6.45) is -0.0341. The third-order valence-corrected chi connectivity index (χ3v) is 25.8. The molecule has 10 atom stereocenters. The van der Waals surface area contributed by atoms with E-state index in [9.17, 15) is 14.6 Å². The Bertz CT molecular complexity index is 2600. The largest absolute Gasteiger partial charge is 0.408 e. The average molecular weight is 1060 g/mol. The van der Waals surface area contributed by atoms with Crippen LogP contribution in [0.25, 0.3) is 22.2 Å². The molecular formula is C40H64N10O12P2S2Si2. The summed E-state index contributed by atoms with van der Waals surface area (Å²) < 4.78 is 62.9. The van der Waals surface area contributed by atoms with Gasteiger partial charge in [0.25, 0.3) is 0 Å². The number of imidazole rings is 1. The monoisotopic (exact) mass is 1060 g/mol. The van der Waals surface area contributed by atoms with Gasteiger partial charge in [0.1, 0.15) is 73.0 Å². The Balaban J connectivity index is 1.17. The van der Waals surface area contributed by atoms with Gasteiger partial charge in [-0.15, -0.1) is 0 Å². The second kappa shape index (κ2) is 19.6. The Kier molecular flexibility index (Phi) is 15.0. The number of anilines is 1. The number of hydrogen-bond acceptors (Lipinski definition) is 19. The molecule has 3 saturated heterocycles. The number of nitrogens with one attached hydrogen (secondary N) is 2. The molecule has 68 heavy (non-hydrogen) atoms. The first-order valence-electron chi connectivity index (χ1n) is 22.6. The quantitative estimate of drug-likeness (QED) is 0.0572. The molecule has 22 nitrogen and oxygen atoms in total. The van der Waals surface area contributed by atoms with Crippen molar-refractivity contribution in [3.05, 3.63) is 36.4 Å². The highest BCUT2D eigenvalue weighted by molar-refractivity contribution is 8.07. The summed E-state index contributed by atoms with van der Waals surface area (Å²) in [5.41, 5.74) is 8.20. The fraction of sp³-hybridized carbons (Fsp3) is 0.700. The van der Waals surface area contributed by atoms with E-state index in [2.05, 4.69) is 98.3 Å². The first kappa shape index (κ1) is 52.0. The van der Waals surface area contributed by atoms with Gasteiger partial charge < -0.3 is 62.8 Å². The molecule has 0 spiro atoms. The number of amides is 1. The van der Waals surface area contributed by atoms with Gasteiger partial charge in [0, 0.05) is 12.7 Å². The van der Waals surface area contributed by atoms with Crippen molar-refractivity contribution in [1.82, 2.24) is 39.4 Å². The predicted octanol–water partition coefficient (Wildman–Crippen LogP) is 5.00. The summed E-state index contributed by atoms with van der Waals surface area (Å²) in [4.78, 5) is 58.9. The zero-order valence-corrected chi connectivity index (χ0v) is 45.4. The van der Waals surface area contributed by atoms with E-state index in [-0.39, 0.29) is 49.1 Å². The number of carbonyl (C=O) groups excluding carboxylic acids is 1. The molecule has 4 aromatic heterocycles. The van der Waals surface area contributed by atoms with Gasteiger partial charge in [0.05, 0.1) is 43.8 Å². The minimum atomic E-state index is -4.25. The minimum Gasteiger partial charge on any atom is -0.408 e.